The molecule has 2 aromatic rings. The molecule has 2 aromatic carbocycles. The van der Waals surface area contributed by atoms with Gasteiger partial charge in [-0.05, 0) is 41.5 Å². The first-order chi connectivity index (χ1) is 18.4. The fourth-order valence-corrected chi connectivity index (χ4v) is 3.95. The summed E-state index contributed by atoms with van der Waals surface area (Å²) in [6, 6.07) is 10.9. The number of rotatable bonds is 14. The Balaban J connectivity index is 2.28. The molecule has 7 N–H and O–H groups in total. The lowest BCUT2D eigenvalue weighted by Gasteiger charge is -2.26. The van der Waals surface area contributed by atoms with Crippen molar-refractivity contribution in [2.24, 2.45) is 17.6 Å². The van der Waals surface area contributed by atoms with Crippen LogP contribution in [0.15, 0.2) is 54.6 Å². The van der Waals surface area contributed by atoms with E-state index in [9.17, 15) is 29.4 Å². The molecular weight excluding hydrogens is 500 g/mol. The van der Waals surface area contributed by atoms with E-state index in [2.05, 4.69) is 16.0 Å². The van der Waals surface area contributed by atoms with E-state index < -0.39 is 47.9 Å². The third kappa shape index (κ3) is 10.4. The van der Waals surface area contributed by atoms with E-state index in [0.717, 1.165) is 5.56 Å². The number of nitrogens with two attached hydrogens (primary N) is 1. The van der Waals surface area contributed by atoms with Crippen molar-refractivity contribution in [2.45, 2.75) is 71.1 Å². The Hall–Kier alpha value is -3.92. The Bertz CT molecular complexity index is 1100. The molecule has 0 saturated heterocycles. The molecule has 4 unspecified atom stereocenters. The van der Waals surface area contributed by atoms with E-state index in [1.54, 1.807) is 50.2 Å². The highest BCUT2D eigenvalue weighted by Gasteiger charge is 2.31. The molecule has 0 heterocycles. The zero-order valence-electron chi connectivity index (χ0n) is 22.9. The highest BCUT2D eigenvalue weighted by molar-refractivity contribution is 5.94. The molecule has 0 aromatic heterocycles. The maximum absolute atomic E-state index is 13.4. The minimum atomic E-state index is -1.23. The van der Waals surface area contributed by atoms with Crippen LogP contribution in [0.1, 0.15) is 45.2 Å². The van der Waals surface area contributed by atoms with Crippen LogP contribution in [0.3, 0.4) is 0 Å². The summed E-state index contributed by atoms with van der Waals surface area (Å²) in [4.78, 5) is 51.3. The number of benzene rings is 2. The molecule has 212 valence electrons. The van der Waals surface area contributed by atoms with E-state index in [0.29, 0.717) is 12.0 Å². The third-order valence-electron chi connectivity index (χ3n) is 6.27. The largest absolute Gasteiger partial charge is 0.508 e. The monoisotopic (exact) mass is 540 g/mol. The number of nitrogens with one attached hydrogen (secondary N) is 3. The predicted molar refractivity (Wildman–Crippen MR) is 148 cm³/mol. The average molecular weight is 541 g/mol. The van der Waals surface area contributed by atoms with Gasteiger partial charge in [-0.25, -0.2) is 4.79 Å². The number of carbonyl (C=O) groups is 4. The van der Waals surface area contributed by atoms with Crippen LogP contribution in [0.5, 0.6) is 5.75 Å². The minimum Gasteiger partial charge on any atom is -0.508 e. The number of carboxylic acid groups (broad SMARTS) is 1. The number of hydrogen-bond donors (Lipinski definition) is 6. The van der Waals surface area contributed by atoms with Gasteiger partial charge in [-0.1, -0.05) is 70.2 Å². The van der Waals surface area contributed by atoms with Crippen LogP contribution in [-0.4, -0.2) is 58.1 Å². The fraction of sp³-hybridized carbons (Fsp3) is 0.448. The quantitative estimate of drug-likeness (QED) is 0.212. The van der Waals surface area contributed by atoms with Gasteiger partial charge in [0, 0.05) is 12.8 Å². The molecule has 4 atom stereocenters. The zero-order valence-corrected chi connectivity index (χ0v) is 22.9. The van der Waals surface area contributed by atoms with E-state index in [4.69, 9.17) is 5.73 Å². The number of phenolic OH excluding ortho intramolecular Hbond substituents is 1. The second kappa shape index (κ2) is 14.9. The molecule has 10 heteroatoms. The number of aliphatic carboxylic acids is 1. The summed E-state index contributed by atoms with van der Waals surface area (Å²) < 4.78 is 0. The van der Waals surface area contributed by atoms with Gasteiger partial charge in [0.05, 0.1) is 6.04 Å². The molecule has 0 bridgehead atoms. The zero-order chi connectivity index (χ0) is 29.1. The van der Waals surface area contributed by atoms with Gasteiger partial charge in [-0.15, -0.1) is 0 Å². The van der Waals surface area contributed by atoms with Crippen molar-refractivity contribution in [3.05, 3.63) is 65.7 Å². The first kappa shape index (κ1) is 31.3. The lowest BCUT2D eigenvalue weighted by Crippen LogP contribution is -2.58. The molecule has 10 nitrogen and oxygen atoms in total. The van der Waals surface area contributed by atoms with Crippen molar-refractivity contribution in [2.75, 3.05) is 0 Å². The van der Waals surface area contributed by atoms with Gasteiger partial charge in [-0.2, -0.15) is 0 Å². The third-order valence-corrected chi connectivity index (χ3v) is 6.27. The number of aromatic hydroxyl groups is 1. The van der Waals surface area contributed by atoms with Crippen molar-refractivity contribution >= 4 is 23.7 Å². The molecule has 0 spiro atoms. The summed E-state index contributed by atoms with van der Waals surface area (Å²) >= 11 is 0. The van der Waals surface area contributed by atoms with Crippen LogP contribution in [0.2, 0.25) is 0 Å². The fourth-order valence-electron chi connectivity index (χ4n) is 3.95. The van der Waals surface area contributed by atoms with Crippen LogP contribution in [0.4, 0.5) is 0 Å². The Kier molecular flexibility index (Phi) is 11.9. The second-order valence-electron chi connectivity index (χ2n) is 10.5. The first-order valence-electron chi connectivity index (χ1n) is 13.1. The maximum Gasteiger partial charge on any atom is 0.326 e. The minimum absolute atomic E-state index is 0.0311. The highest BCUT2D eigenvalue weighted by atomic mass is 16.4. The molecule has 0 fully saturated rings. The summed E-state index contributed by atoms with van der Waals surface area (Å²) in [6.07, 6.45) is 0.395. The summed E-state index contributed by atoms with van der Waals surface area (Å²) in [5.74, 6) is -3.01. The van der Waals surface area contributed by atoms with Gasteiger partial charge >= 0.3 is 5.97 Å². The van der Waals surface area contributed by atoms with Crippen LogP contribution in [-0.2, 0) is 32.0 Å². The van der Waals surface area contributed by atoms with Crippen molar-refractivity contribution < 1.29 is 29.4 Å². The Morgan fingerprint density at radius 2 is 1.21 bits per heavy atom. The lowest BCUT2D eigenvalue weighted by molar-refractivity contribution is -0.142. The molecule has 0 aliphatic carbocycles. The predicted octanol–water partition coefficient (Wildman–Crippen LogP) is 1.75. The second-order valence-corrected chi connectivity index (χ2v) is 10.5. The molecule has 0 aliphatic heterocycles. The maximum atomic E-state index is 13.4. The standard InChI is InChI=1S/C29H40N4O6/c1-17(2)14-22(32-28(37)25(30)18(3)4)26(35)31-23(15-20-10-12-21(34)13-11-20)27(36)33-24(29(38)39)16-19-8-6-5-7-9-19/h5-13,17-18,22-25,34H,14-16,30H2,1-4H3,(H,31,35)(H,32,37)(H,33,36)(H,38,39). The van der Waals surface area contributed by atoms with Gasteiger partial charge in [0.25, 0.3) is 0 Å². The van der Waals surface area contributed by atoms with Gasteiger partial charge in [-0.3, -0.25) is 14.4 Å². The van der Waals surface area contributed by atoms with E-state index in [1.165, 1.54) is 12.1 Å². The van der Waals surface area contributed by atoms with Crippen molar-refractivity contribution in [3.63, 3.8) is 0 Å². The molecule has 0 saturated carbocycles. The van der Waals surface area contributed by atoms with Gasteiger partial charge in [0.1, 0.15) is 23.9 Å². The topological polar surface area (TPSA) is 171 Å². The number of phenols is 1. The lowest BCUT2D eigenvalue weighted by atomic mass is 9.99. The van der Waals surface area contributed by atoms with Gasteiger partial charge < -0.3 is 31.9 Å². The number of carboxylic acids is 1. The number of amides is 3. The normalized spacial score (nSPS) is 14.2. The Labute approximate surface area is 229 Å². The van der Waals surface area contributed by atoms with Crippen molar-refractivity contribution in [1.82, 2.24) is 16.0 Å². The van der Waals surface area contributed by atoms with E-state index in [-0.39, 0.29) is 30.4 Å². The first-order valence-corrected chi connectivity index (χ1v) is 13.1. The van der Waals surface area contributed by atoms with Gasteiger partial charge in [0.15, 0.2) is 0 Å². The average Bonchev–Trinajstić information content (AvgIpc) is 2.88. The summed E-state index contributed by atoms with van der Waals surface area (Å²) in [7, 11) is 0. The number of hydrogen-bond acceptors (Lipinski definition) is 6. The van der Waals surface area contributed by atoms with Crippen LogP contribution in [0, 0.1) is 11.8 Å². The van der Waals surface area contributed by atoms with Crippen LogP contribution < -0.4 is 21.7 Å². The molecule has 0 radical (unpaired) electrons. The Morgan fingerprint density at radius 3 is 1.74 bits per heavy atom. The molecule has 2 rings (SSSR count). The van der Waals surface area contributed by atoms with Crippen LogP contribution in [0.25, 0.3) is 0 Å². The van der Waals surface area contributed by atoms with E-state index in [1.807, 2.05) is 19.9 Å². The highest BCUT2D eigenvalue weighted by Crippen LogP contribution is 2.13. The Morgan fingerprint density at radius 1 is 0.718 bits per heavy atom. The van der Waals surface area contributed by atoms with Crippen molar-refractivity contribution in [1.29, 1.82) is 0 Å². The molecule has 3 amide bonds. The molecular formula is C29H40N4O6. The smallest absolute Gasteiger partial charge is 0.326 e. The number of carbonyl (C=O) groups excluding carboxylic acids is 3. The molecule has 0 aliphatic rings. The summed E-state index contributed by atoms with van der Waals surface area (Å²) in [5.41, 5.74) is 7.33. The SMILES string of the molecule is CC(C)CC(NC(=O)C(N)C(C)C)C(=O)NC(Cc1ccc(O)cc1)C(=O)NC(Cc1ccccc1)C(=O)O. The summed E-state index contributed by atoms with van der Waals surface area (Å²) in [6.45, 7) is 7.40. The van der Waals surface area contributed by atoms with Gasteiger partial charge in [0.2, 0.25) is 17.7 Å². The molecule has 39 heavy (non-hydrogen) atoms. The van der Waals surface area contributed by atoms with Crippen molar-refractivity contribution in [3.8, 4) is 5.75 Å². The summed E-state index contributed by atoms with van der Waals surface area (Å²) in [5, 5.41) is 27.3. The van der Waals surface area contributed by atoms with E-state index >= 15 is 0 Å². The van der Waals surface area contributed by atoms with Crippen LogP contribution >= 0.6 is 0 Å².